The molecule has 0 unspecified atom stereocenters. The first-order valence-corrected chi connectivity index (χ1v) is 11.2. The van der Waals surface area contributed by atoms with Crippen LogP contribution in [0.1, 0.15) is 72.8 Å². The highest BCUT2D eigenvalue weighted by Crippen LogP contribution is 2.11. The minimum atomic E-state index is -0.240. The average molecular weight is 411 g/mol. The second kappa shape index (κ2) is 15.9. The molecule has 0 N–H and O–H groups in total. The van der Waals surface area contributed by atoms with E-state index in [9.17, 15) is 0 Å². The zero-order valence-corrected chi connectivity index (χ0v) is 20.0. The van der Waals surface area contributed by atoms with Crippen LogP contribution >= 0.6 is 0 Å². The number of ether oxygens (including phenoxy) is 2. The molecular weight excluding hydrogens is 368 g/mol. The highest BCUT2D eigenvalue weighted by molar-refractivity contribution is 5.15. The smallest absolute Gasteiger partial charge is 0.162 e. The number of hydrogen-bond acceptors (Lipinski definition) is 2. The Morgan fingerprint density at radius 1 is 0.700 bits per heavy atom. The largest absolute Gasteiger partial charge is 0.348 e. The maximum Gasteiger partial charge on any atom is 0.162 e. The van der Waals surface area contributed by atoms with Crippen LogP contribution in [0.3, 0.4) is 0 Å². The van der Waals surface area contributed by atoms with Crippen LogP contribution in [0.15, 0.2) is 76.9 Å². The van der Waals surface area contributed by atoms with Crippen LogP contribution in [0.2, 0.25) is 0 Å². The van der Waals surface area contributed by atoms with Crippen molar-refractivity contribution in [2.45, 2.75) is 79.9 Å². The summed E-state index contributed by atoms with van der Waals surface area (Å²) in [4.78, 5) is 0. The molecule has 0 heterocycles. The summed E-state index contributed by atoms with van der Waals surface area (Å²) < 4.78 is 12.2. The molecule has 0 amide bonds. The van der Waals surface area contributed by atoms with Gasteiger partial charge in [0.05, 0.1) is 13.2 Å². The van der Waals surface area contributed by atoms with Crippen LogP contribution in [0, 0.1) is 0 Å². The zero-order chi connectivity index (χ0) is 22.2. The first-order chi connectivity index (χ1) is 14.4. The van der Waals surface area contributed by atoms with Crippen molar-refractivity contribution in [2.24, 2.45) is 0 Å². The van der Waals surface area contributed by atoms with E-state index in [1.54, 1.807) is 0 Å². The van der Waals surface area contributed by atoms with Gasteiger partial charge in [0.15, 0.2) is 6.29 Å². The van der Waals surface area contributed by atoms with Gasteiger partial charge in [-0.25, -0.2) is 0 Å². The Balaban J connectivity index is 2.55. The molecule has 0 atom stereocenters. The summed E-state index contributed by atoms with van der Waals surface area (Å²) in [6.07, 6.45) is 13.8. The van der Waals surface area contributed by atoms with Crippen LogP contribution in [-0.2, 0) is 15.9 Å². The van der Waals surface area contributed by atoms with Gasteiger partial charge in [0.2, 0.25) is 0 Å². The SMILES string of the molecule is CC(C)=CCCC(C)=CCOC(Cc1ccccc1)OCC=C(C)CCC=C(C)C. The quantitative estimate of drug-likeness (QED) is 0.229. The van der Waals surface area contributed by atoms with E-state index in [4.69, 9.17) is 9.47 Å². The maximum atomic E-state index is 6.09. The second-order valence-corrected chi connectivity index (χ2v) is 8.53. The van der Waals surface area contributed by atoms with Crippen molar-refractivity contribution in [1.82, 2.24) is 0 Å². The minimum absolute atomic E-state index is 0.240. The summed E-state index contributed by atoms with van der Waals surface area (Å²) in [7, 11) is 0. The molecule has 30 heavy (non-hydrogen) atoms. The molecule has 0 radical (unpaired) electrons. The van der Waals surface area contributed by atoms with Crippen molar-refractivity contribution >= 4 is 0 Å². The summed E-state index contributed by atoms with van der Waals surface area (Å²) in [5, 5.41) is 0. The van der Waals surface area contributed by atoms with Crippen molar-refractivity contribution in [3.8, 4) is 0 Å². The molecule has 0 fully saturated rings. The van der Waals surface area contributed by atoms with E-state index in [1.165, 1.54) is 27.9 Å². The predicted octanol–water partition coefficient (Wildman–Crippen LogP) is 7.97. The van der Waals surface area contributed by atoms with E-state index in [0.29, 0.717) is 13.2 Å². The number of hydrogen-bond donors (Lipinski definition) is 0. The fourth-order valence-electron chi connectivity index (χ4n) is 2.95. The average Bonchev–Trinajstić information content (AvgIpc) is 2.68. The van der Waals surface area contributed by atoms with Crippen LogP contribution in [-0.4, -0.2) is 19.5 Å². The first-order valence-electron chi connectivity index (χ1n) is 11.2. The molecular formula is C28H42O2. The van der Waals surface area contributed by atoms with Gasteiger partial charge in [0, 0.05) is 6.42 Å². The van der Waals surface area contributed by atoms with Gasteiger partial charge < -0.3 is 9.47 Å². The topological polar surface area (TPSA) is 18.5 Å². The zero-order valence-electron chi connectivity index (χ0n) is 20.0. The Kier molecular flexibility index (Phi) is 13.8. The number of benzene rings is 1. The van der Waals surface area contributed by atoms with Gasteiger partial charge in [-0.15, -0.1) is 0 Å². The molecule has 1 aromatic carbocycles. The van der Waals surface area contributed by atoms with Crippen LogP contribution in [0.25, 0.3) is 0 Å². The summed E-state index contributed by atoms with van der Waals surface area (Å²) >= 11 is 0. The predicted molar refractivity (Wildman–Crippen MR) is 131 cm³/mol. The van der Waals surface area contributed by atoms with Crippen molar-refractivity contribution in [3.63, 3.8) is 0 Å². The summed E-state index contributed by atoms with van der Waals surface area (Å²) in [6, 6.07) is 10.4. The molecule has 0 spiro atoms. The molecule has 0 aliphatic carbocycles. The fraction of sp³-hybridized carbons (Fsp3) is 0.500. The second-order valence-electron chi connectivity index (χ2n) is 8.53. The third-order valence-electron chi connectivity index (χ3n) is 4.86. The molecule has 0 saturated carbocycles. The van der Waals surface area contributed by atoms with Gasteiger partial charge in [0.25, 0.3) is 0 Å². The van der Waals surface area contributed by atoms with E-state index in [2.05, 4.69) is 90.1 Å². The highest BCUT2D eigenvalue weighted by atomic mass is 16.7. The minimum Gasteiger partial charge on any atom is -0.348 e. The molecule has 1 aromatic rings. The number of allylic oxidation sites excluding steroid dienone is 6. The molecule has 2 nitrogen and oxygen atoms in total. The van der Waals surface area contributed by atoms with Crippen molar-refractivity contribution in [2.75, 3.05) is 13.2 Å². The monoisotopic (exact) mass is 410 g/mol. The third-order valence-corrected chi connectivity index (χ3v) is 4.86. The molecule has 0 aliphatic rings. The Hall–Kier alpha value is -1.90. The van der Waals surface area contributed by atoms with Gasteiger partial charge in [0.1, 0.15) is 0 Å². The highest BCUT2D eigenvalue weighted by Gasteiger charge is 2.09. The lowest BCUT2D eigenvalue weighted by Crippen LogP contribution is -2.20. The van der Waals surface area contributed by atoms with E-state index in [1.807, 2.05) is 6.07 Å². The lowest BCUT2D eigenvalue weighted by molar-refractivity contribution is -0.125. The molecule has 0 aromatic heterocycles. The van der Waals surface area contributed by atoms with E-state index in [-0.39, 0.29) is 6.29 Å². The maximum absolute atomic E-state index is 6.09. The Labute approximate surface area is 185 Å². The fourth-order valence-corrected chi connectivity index (χ4v) is 2.95. The van der Waals surface area contributed by atoms with Crippen molar-refractivity contribution < 1.29 is 9.47 Å². The van der Waals surface area contributed by atoms with E-state index < -0.39 is 0 Å². The van der Waals surface area contributed by atoms with Crippen molar-refractivity contribution in [1.29, 1.82) is 0 Å². The number of rotatable bonds is 14. The van der Waals surface area contributed by atoms with Crippen molar-refractivity contribution in [3.05, 3.63) is 82.5 Å². The molecule has 0 aliphatic heterocycles. The lowest BCUT2D eigenvalue weighted by atomic mass is 10.1. The first kappa shape index (κ1) is 26.1. The van der Waals surface area contributed by atoms with Crippen LogP contribution in [0.4, 0.5) is 0 Å². The standard InChI is InChI=1S/C28H42O2/c1-23(2)12-10-14-25(5)18-20-29-28(22-27-16-8-7-9-17-27)30-21-19-26(6)15-11-13-24(3)4/h7-9,12-13,16-19,28H,10-11,14-15,20-22H2,1-6H3. The molecule has 0 saturated heterocycles. The van der Waals surface area contributed by atoms with Gasteiger partial charge in [-0.3, -0.25) is 0 Å². The van der Waals surface area contributed by atoms with Gasteiger partial charge >= 0.3 is 0 Å². The van der Waals surface area contributed by atoms with Crippen LogP contribution in [0.5, 0.6) is 0 Å². The summed E-state index contributed by atoms with van der Waals surface area (Å²) in [6.45, 7) is 14.1. The lowest BCUT2D eigenvalue weighted by Gasteiger charge is -2.18. The van der Waals surface area contributed by atoms with Gasteiger partial charge in [-0.1, -0.05) is 76.9 Å². The Morgan fingerprint density at radius 2 is 1.17 bits per heavy atom. The summed E-state index contributed by atoms with van der Waals surface area (Å²) in [5.74, 6) is 0. The normalized spacial score (nSPS) is 13.1. The summed E-state index contributed by atoms with van der Waals surface area (Å²) in [5.41, 5.74) is 6.71. The van der Waals surface area contributed by atoms with E-state index in [0.717, 1.165) is 32.1 Å². The third kappa shape index (κ3) is 14.1. The molecule has 2 heteroatoms. The van der Waals surface area contributed by atoms with Gasteiger partial charge in [-0.2, -0.15) is 0 Å². The van der Waals surface area contributed by atoms with Gasteiger partial charge in [-0.05, 0) is 72.8 Å². The van der Waals surface area contributed by atoms with Crippen LogP contribution < -0.4 is 0 Å². The molecule has 1 rings (SSSR count). The molecule has 0 bridgehead atoms. The Bertz CT molecular complexity index is 657. The molecule has 166 valence electrons. The Morgan fingerprint density at radius 3 is 1.60 bits per heavy atom. The van der Waals surface area contributed by atoms with E-state index >= 15 is 0 Å².